The monoisotopic (exact) mass is 1050 g/mol. The summed E-state index contributed by atoms with van der Waals surface area (Å²) in [5, 5.41) is 0. The number of esters is 3. The first kappa shape index (κ1) is 72.1. The van der Waals surface area contributed by atoms with E-state index >= 15 is 0 Å². The van der Waals surface area contributed by atoms with Crippen molar-refractivity contribution < 1.29 is 28.6 Å². The summed E-state index contributed by atoms with van der Waals surface area (Å²) in [5.74, 6) is -0.906. The van der Waals surface area contributed by atoms with E-state index in [-0.39, 0.29) is 31.1 Å². The van der Waals surface area contributed by atoms with Gasteiger partial charge in [0.2, 0.25) is 0 Å². The third-order valence-electron chi connectivity index (χ3n) is 13.5. The molecule has 1 unspecified atom stereocenters. The van der Waals surface area contributed by atoms with Crippen molar-refractivity contribution >= 4 is 17.9 Å². The number of carbonyl (C=O) groups excluding carboxylic acids is 3. The van der Waals surface area contributed by atoms with Gasteiger partial charge in [0.1, 0.15) is 13.2 Å². The summed E-state index contributed by atoms with van der Waals surface area (Å²) in [6, 6.07) is 0. The normalized spacial score (nSPS) is 12.8. The molecule has 76 heavy (non-hydrogen) atoms. The van der Waals surface area contributed by atoms with Gasteiger partial charge in [0, 0.05) is 19.3 Å². The van der Waals surface area contributed by atoms with Gasteiger partial charge in [-0.05, 0) is 122 Å². The minimum absolute atomic E-state index is 0.0867. The third-order valence-corrected chi connectivity index (χ3v) is 13.5. The molecule has 6 heteroatoms. The fourth-order valence-electron chi connectivity index (χ4n) is 8.69. The van der Waals surface area contributed by atoms with E-state index in [0.29, 0.717) is 19.3 Å². The van der Waals surface area contributed by atoms with Crippen molar-refractivity contribution in [3.05, 3.63) is 109 Å². The second-order valence-corrected chi connectivity index (χ2v) is 20.9. The molecule has 0 saturated carbocycles. The average molecular weight is 1060 g/mol. The van der Waals surface area contributed by atoms with Crippen molar-refractivity contribution in [1.82, 2.24) is 0 Å². The molecule has 0 amide bonds. The quantitative estimate of drug-likeness (QED) is 0.0261. The molecule has 0 bridgehead atoms. The van der Waals surface area contributed by atoms with Crippen LogP contribution >= 0.6 is 0 Å². The lowest BCUT2D eigenvalue weighted by Crippen LogP contribution is -2.30. The van der Waals surface area contributed by atoms with E-state index in [2.05, 4.69) is 130 Å². The third kappa shape index (κ3) is 60.9. The molecule has 0 spiro atoms. The second-order valence-electron chi connectivity index (χ2n) is 20.9. The molecule has 0 radical (unpaired) electrons. The minimum atomic E-state index is -0.790. The van der Waals surface area contributed by atoms with Gasteiger partial charge in [-0.25, -0.2) is 0 Å². The molecule has 0 rings (SSSR count). The van der Waals surface area contributed by atoms with Crippen molar-refractivity contribution in [1.29, 1.82) is 0 Å². The fraction of sp³-hybridized carbons (Fsp3) is 0.700. The Bertz CT molecular complexity index is 1540. The molecule has 434 valence electrons. The van der Waals surface area contributed by atoms with Crippen LogP contribution in [0.5, 0.6) is 0 Å². The summed E-state index contributed by atoms with van der Waals surface area (Å²) in [4.78, 5) is 38.2. The molecule has 6 nitrogen and oxygen atoms in total. The van der Waals surface area contributed by atoms with Crippen LogP contribution in [0.25, 0.3) is 0 Å². The SMILES string of the molecule is CC/C=C\C/C=C\C/C=C\C/C=C\C/C=C\C/C=C\CCCCCCCCCCCCCCC(=O)OCC(COC(=O)CCCCCCC/C=C\CCCCCC)OC(=O)CCCCCCC/C=C\C/C=C\CCCC. The maximum atomic E-state index is 12.9. The Kier molecular flexibility index (Phi) is 60.3. The maximum Gasteiger partial charge on any atom is 0.306 e. The predicted octanol–water partition coefficient (Wildman–Crippen LogP) is 21.8. The standard InChI is InChI=1S/C70H118O6/c1-4-7-10-13-16-19-22-25-27-28-29-30-31-32-33-34-35-36-37-38-39-40-41-42-43-46-48-51-54-57-60-63-69(72)75-66-67(65-74-68(71)62-59-56-53-50-47-44-24-21-18-15-12-9-6-3)76-70(73)64-61-58-55-52-49-45-26-23-20-17-14-11-8-5-2/h7,10,14,16-17,19,21,23-27,29-30,32-33,35-36,67H,4-6,8-9,11-13,15,18,20,22,28,31,34,37-66H2,1-3H3/b10-7-,17-14-,19-16-,24-21-,26-23-,27-25-,30-29-,33-32-,36-35-. The molecule has 0 fully saturated rings. The molecule has 0 N–H and O–H groups in total. The van der Waals surface area contributed by atoms with Crippen LogP contribution in [0.4, 0.5) is 0 Å². The summed E-state index contributed by atoms with van der Waals surface area (Å²) in [7, 11) is 0. The number of ether oxygens (including phenoxy) is 3. The van der Waals surface area contributed by atoms with Gasteiger partial charge >= 0.3 is 17.9 Å². The zero-order valence-electron chi connectivity index (χ0n) is 49.7. The van der Waals surface area contributed by atoms with Gasteiger partial charge in [-0.15, -0.1) is 0 Å². The topological polar surface area (TPSA) is 78.9 Å². The highest BCUT2D eigenvalue weighted by molar-refractivity contribution is 5.71. The highest BCUT2D eigenvalue weighted by Crippen LogP contribution is 2.16. The zero-order valence-corrected chi connectivity index (χ0v) is 49.7. The summed E-state index contributed by atoms with van der Waals surface area (Å²) in [5.41, 5.74) is 0. The number of hydrogen-bond acceptors (Lipinski definition) is 6. The molecule has 0 aromatic carbocycles. The van der Waals surface area contributed by atoms with Crippen LogP contribution in [0.2, 0.25) is 0 Å². The molecule has 1 atom stereocenters. The van der Waals surface area contributed by atoms with Gasteiger partial charge in [0.05, 0.1) is 0 Å². The zero-order chi connectivity index (χ0) is 55.0. The highest BCUT2D eigenvalue weighted by atomic mass is 16.6. The Balaban J connectivity index is 4.23. The van der Waals surface area contributed by atoms with Crippen LogP contribution in [-0.2, 0) is 28.6 Å². The Morgan fingerprint density at radius 2 is 0.526 bits per heavy atom. The lowest BCUT2D eigenvalue weighted by atomic mass is 10.0. The van der Waals surface area contributed by atoms with E-state index in [1.54, 1.807) is 0 Å². The highest BCUT2D eigenvalue weighted by Gasteiger charge is 2.19. The van der Waals surface area contributed by atoms with Crippen molar-refractivity contribution in [3.63, 3.8) is 0 Å². The van der Waals surface area contributed by atoms with Gasteiger partial charge in [-0.2, -0.15) is 0 Å². The fourth-order valence-corrected chi connectivity index (χ4v) is 8.69. The van der Waals surface area contributed by atoms with Crippen LogP contribution in [0.3, 0.4) is 0 Å². The Morgan fingerprint density at radius 1 is 0.276 bits per heavy atom. The predicted molar refractivity (Wildman–Crippen MR) is 330 cm³/mol. The van der Waals surface area contributed by atoms with Crippen LogP contribution in [0, 0.1) is 0 Å². The van der Waals surface area contributed by atoms with Gasteiger partial charge < -0.3 is 14.2 Å². The van der Waals surface area contributed by atoms with E-state index in [4.69, 9.17) is 14.2 Å². The van der Waals surface area contributed by atoms with Crippen molar-refractivity contribution in [2.75, 3.05) is 13.2 Å². The maximum absolute atomic E-state index is 12.9. The minimum Gasteiger partial charge on any atom is -0.462 e. The molecule has 0 aromatic rings. The van der Waals surface area contributed by atoms with Crippen LogP contribution in [0.15, 0.2) is 109 Å². The first-order chi connectivity index (χ1) is 37.5. The van der Waals surface area contributed by atoms with Crippen LogP contribution in [0.1, 0.15) is 297 Å². The smallest absolute Gasteiger partial charge is 0.306 e. The first-order valence-corrected chi connectivity index (χ1v) is 31.9. The van der Waals surface area contributed by atoms with Crippen molar-refractivity contribution in [3.8, 4) is 0 Å². The summed E-state index contributed by atoms with van der Waals surface area (Å²) >= 11 is 0. The summed E-state index contributed by atoms with van der Waals surface area (Å²) in [6.07, 6.45) is 86.7. The Labute approximate surface area is 470 Å². The Hall–Kier alpha value is -3.93. The molecule has 0 heterocycles. The molecular formula is C70H118O6. The number of rotatable bonds is 57. The number of hydrogen-bond donors (Lipinski definition) is 0. The second kappa shape index (κ2) is 63.6. The van der Waals surface area contributed by atoms with E-state index in [0.717, 1.165) is 128 Å². The van der Waals surface area contributed by atoms with Crippen molar-refractivity contribution in [2.45, 2.75) is 303 Å². The molecule has 0 aliphatic heterocycles. The van der Waals surface area contributed by atoms with Gasteiger partial charge in [0.15, 0.2) is 6.10 Å². The Morgan fingerprint density at radius 3 is 0.855 bits per heavy atom. The lowest BCUT2D eigenvalue weighted by Gasteiger charge is -2.18. The average Bonchev–Trinajstić information content (AvgIpc) is 3.42. The largest absolute Gasteiger partial charge is 0.462 e. The van der Waals surface area contributed by atoms with Crippen LogP contribution in [-0.4, -0.2) is 37.2 Å². The van der Waals surface area contributed by atoms with E-state index < -0.39 is 6.10 Å². The molecule has 0 aromatic heterocycles. The van der Waals surface area contributed by atoms with Gasteiger partial charge in [-0.3, -0.25) is 14.4 Å². The van der Waals surface area contributed by atoms with Gasteiger partial charge in [0.25, 0.3) is 0 Å². The van der Waals surface area contributed by atoms with E-state index in [9.17, 15) is 14.4 Å². The summed E-state index contributed by atoms with van der Waals surface area (Å²) < 4.78 is 16.9. The molecule has 0 saturated heterocycles. The van der Waals surface area contributed by atoms with E-state index in [1.807, 2.05) is 0 Å². The number of carbonyl (C=O) groups is 3. The number of unbranched alkanes of at least 4 members (excludes halogenated alkanes) is 28. The summed E-state index contributed by atoms with van der Waals surface area (Å²) in [6.45, 7) is 6.46. The molecule has 0 aliphatic rings. The van der Waals surface area contributed by atoms with E-state index in [1.165, 1.54) is 128 Å². The van der Waals surface area contributed by atoms with Gasteiger partial charge in [-0.1, -0.05) is 265 Å². The number of allylic oxidation sites excluding steroid dienone is 18. The van der Waals surface area contributed by atoms with Crippen LogP contribution < -0.4 is 0 Å². The van der Waals surface area contributed by atoms with Crippen molar-refractivity contribution in [2.24, 2.45) is 0 Å². The lowest BCUT2D eigenvalue weighted by molar-refractivity contribution is -0.167. The first-order valence-electron chi connectivity index (χ1n) is 31.9. The molecular weight excluding hydrogens is 937 g/mol. The molecule has 0 aliphatic carbocycles.